The van der Waals surface area contributed by atoms with Crippen LogP contribution in [0.5, 0.6) is 5.75 Å². The molecule has 5 nitrogen and oxygen atoms in total. The average molecular weight is 317 g/mol. The van der Waals surface area contributed by atoms with Crippen LogP contribution in [0.2, 0.25) is 5.02 Å². The molecule has 0 amide bonds. The van der Waals surface area contributed by atoms with E-state index in [4.69, 9.17) is 16.3 Å². The second-order valence-corrected chi connectivity index (χ2v) is 7.46. The lowest BCUT2D eigenvalue weighted by Gasteiger charge is -2.13. The van der Waals surface area contributed by atoms with Crippen LogP contribution >= 0.6 is 11.6 Å². The van der Waals surface area contributed by atoms with E-state index in [2.05, 4.69) is 10.0 Å². The summed E-state index contributed by atoms with van der Waals surface area (Å²) in [7, 11) is -3.54. The van der Waals surface area contributed by atoms with Gasteiger partial charge in [-0.25, -0.2) is 13.1 Å². The van der Waals surface area contributed by atoms with Gasteiger partial charge in [-0.15, -0.1) is 0 Å². The first-order chi connectivity index (χ1) is 9.45. The van der Waals surface area contributed by atoms with Gasteiger partial charge in [-0.05, 0) is 32.0 Å². The predicted molar refractivity (Wildman–Crippen MR) is 76.8 cm³/mol. The Hall–Kier alpha value is -0.820. The minimum Gasteiger partial charge on any atom is -0.489 e. The van der Waals surface area contributed by atoms with Crippen molar-refractivity contribution in [3.63, 3.8) is 0 Å². The van der Waals surface area contributed by atoms with E-state index < -0.39 is 10.0 Å². The maximum Gasteiger partial charge on any atom is 0.240 e. The van der Waals surface area contributed by atoms with Crippen molar-refractivity contribution in [1.82, 2.24) is 10.0 Å². The Morgan fingerprint density at radius 2 is 2.25 bits per heavy atom. The number of hydrogen-bond acceptors (Lipinski definition) is 4. The highest BCUT2D eigenvalue weighted by molar-refractivity contribution is 7.89. The lowest BCUT2D eigenvalue weighted by atomic mass is 10.1. The third-order valence-corrected chi connectivity index (χ3v) is 5.39. The Morgan fingerprint density at radius 3 is 2.95 bits per heavy atom. The molecule has 1 saturated heterocycles. The Balaban J connectivity index is 1.90. The number of benzene rings is 1. The highest BCUT2D eigenvalue weighted by atomic mass is 35.5. The molecule has 2 aliphatic heterocycles. The van der Waals surface area contributed by atoms with Crippen LogP contribution in [0, 0.1) is 0 Å². The van der Waals surface area contributed by atoms with Gasteiger partial charge < -0.3 is 10.1 Å². The molecule has 110 valence electrons. The zero-order valence-electron chi connectivity index (χ0n) is 11.1. The van der Waals surface area contributed by atoms with Crippen LogP contribution in [0.3, 0.4) is 0 Å². The Bertz CT molecular complexity index is 627. The first-order valence-corrected chi connectivity index (χ1v) is 8.54. The number of ether oxygens (including phenoxy) is 1. The minimum absolute atomic E-state index is 0.0347. The van der Waals surface area contributed by atoms with Crippen LogP contribution in [-0.2, 0) is 16.4 Å². The Labute approximate surface area is 123 Å². The molecule has 0 saturated carbocycles. The molecule has 1 aromatic carbocycles. The van der Waals surface area contributed by atoms with E-state index >= 15 is 0 Å². The summed E-state index contributed by atoms with van der Waals surface area (Å²) < 4.78 is 33.1. The summed E-state index contributed by atoms with van der Waals surface area (Å²) in [5.41, 5.74) is 0.856. The van der Waals surface area contributed by atoms with Gasteiger partial charge in [0.1, 0.15) is 11.9 Å². The van der Waals surface area contributed by atoms with Crippen LogP contribution in [0.1, 0.15) is 18.9 Å². The summed E-state index contributed by atoms with van der Waals surface area (Å²) in [6.07, 6.45) is 1.52. The molecular weight excluding hydrogens is 300 g/mol. The third-order valence-electron chi connectivity index (χ3n) is 3.61. The molecule has 20 heavy (non-hydrogen) atoms. The quantitative estimate of drug-likeness (QED) is 0.882. The van der Waals surface area contributed by atoms with Crippen molar-refractivity contribution >= 4 is 21.6 Å². The van der Waals surface area contributed by atoms with E-state index in [0.29, 0.717) is 23.7 Å². The number of rotatable bonds is 3. The molecule has 7 heteroatoms. The molecule has 3 rings (SSSR count). The zero-order valence-corrected chi connectivity index (χ0v) is 12.7. The van der Waals surface area contributed by atoms with Gasteiger partial charge in [-0.2, -0.15) is 0 Å². The van der Waals surface area contributed by atoms with Crippen LogP contribution in [0.25, 0.3) is 0 Å². The molecular formula is C13H17ClN2O3S. The van der Waals surface area contributed by atoms with Crippen LogP contribution in [0.15, 0.2) is 17.0 Å². The molecule has 0 aliphatic carbocycles. The number of fused-ring (bicyclic) bond motifs is 1. The molecule has 2 aliphatic rings. The molecule has 2 N–H and O–H groups in total. The van der Waals surface area contributed by atoms with Crippen LogP contribution < -0.4 is 14.8 Å². The van der Waals surface area contributed by atoms with Crippen molar-refractivity contribution in [2.75, 3.05) is 13.1 Å². The number of nitrogens with one attached hydrogen (secondary N) is 2. The first kappa shape index (κ1) is 14.1. The second-order valence-electron chi connectivity index (χ2n) is 5.34. The van der Waals surface area contributed by atoms with E-state index in [-0.39, 0.29) is 17.0 Å². The lowest BCUT2D eigenvalue weighted by molar-refractivity contribution is 0.255. The van der Waals surface area contributed by atoms with Gasteiger partial charge in [0.05, 0.1) is 9.92 Å². The molecule has 0 radical (unpaired) electrons. The van der Waals surface area contributed by atoms with Gasteiger partial charge in [-0.1, -0.05) is 11.6 Å². The highest BCUT2D eigenvalue weighted by Gasteiger charge is 2.28. The average Bonchev–Trinajstić information content (AvgIpc) is 2.97. The van der Waals surface area contributed by atoms with Crippen molar-refractivity contribution in [2.24, 2.45) is 0 Å². The summed E-state index contributed by atoms with van der Waals surface area (Å²) >= 11 is 6.13. The smallest absolute Gasteiger partial charge is 0.240 e. The van der Waals surface area contributed by atoms with Crippen molar-refractivity contribution in [3.05, 3.63) is 22.7 Å². The lowest BCUT2D eigenvalue weighted by Crippen LogP contribution is -2.36. The van der Waals surface area contributed by atoms with E-state index in [1.54, 1.807) is 6.07 Å². The van der Waals surface area contributed by atoms with Gasteiger partial charge in [0.2, 0.25) is 10.0 Å². The molecule has 0 aromatic heterocycles. The van der Waals surface area contributed by atoms with Crippen molar-refractivity contribution in [3.8, 4) is 5.75 Å². The summed E-state index contributed by atoms with van der Waals surface area (Å²) in [5, 5.41) is 3.49. The minimum atomic E-state index is -3.54. The fourth-order valence-corrected chi connectivity index (χ4v) is 4.35. The fourth-order valence-electron chi connectivity index (χ4n) is 2.66. The van der Waals surface area contributed by atoms with Gasteiger partial charge in [0, 0.05) is 24.6 Å². The molecule has 1 fully saturated rings. The SMILES string of the molecule is CC1Cc2cc(S(=O)(=O)NC3CCNC3)cc(Cl)c2O1. The number of sulfonamides is 1. The molecule has 0 bridgehead atoms. The summed E-state index contributed by atoms with van der Waals surface area (Å²) in [5.74, 6) is 0.612. The fraction of sp³-hybridized carbons (Fsp3) is 0.538. The topological polar surface area (TPSA) is 67.4 Å². The standard InChI is InChI=1S/C13H17ClN2O3S/c1-8-4-9-5-11(6-12(14)13(9)19-8)20(17,18)16-10-2-3-15-7-10/h5-6,8,10,15-16H,2-4,7H2,1H3. The summed E-state index contributed by atoms with van der Waals surface area (Å²) in [4.78, 5) is 0.214. The van der Waals surface area contributed by atoms with Crippen molar-refractivity contribution in [1.29, 1.82) is 0 Å². The number of hydrogen-bond donors (Lipinski definition) is 2. The third kappa shape index (κ3) is 2.65. The monoisotopic (exact) mass is 316 g/mol. The van der Waals surface area contributed by atoms with E-state index in [1.165, 1.54) is 6.07 Å². The Kier molecular flexibility index (Phi) is 3.66. The normalized spacial score (nSPS) is 25.5. The maximum atomic E-state index is 12.4. The molecule has 2 unspecified atom stereocenters. The predicted octanol–water partition coefficient (Wildman–Crippen LogP) is 1.30. The summed E-state index contributed by atoms with van der Waals surface area (Å²) in [6, 6.07) is 3.07. The largest absolute Gasteiger partial charge is 0.489 e. The van der Waals surface area contributed by atoms with Crippen LogP contribution in [-0.4, -0.2) is 33.7 Å². The van der Waals surface area contributed by atoms with E-state index in [9.17, 15) is 8.42 Å². The zero-order chi connectivity index (χ0) is 14.3. The second kappa shape index (κ2) is 5.18. The van der Waals surface area contributed by atoms with Crippen molar-refractivity contribution in [2.45, 2.75) is 36.8 Å². The van der Waals surface area contributed by atoms with E-state index in [1.807, 2.05) is 6.92 Å². The maximum absolute atomic E-state index is 12.4. The van der Waals surface area contributed by atoms with Gasteiger partial charge >= 0.3 is 0 Å². The number of halogens is 1. The summed E-state index contributed by atoms with van der Waals surface area (Å²) in [6.45, 7) is 3.44. The molecule has 2 heterocycles. The first-order valence-electron chi connectivity index (χ1n) is 6.68. The van der Waals surface area contributed by atoms with Crippen molar-refractivity contribution < 1.29 is 13.2 Å². The van der Waals surface area contributed by atoms with Gasteiger partial charge in [0.25, 0.3) is 0 Å². The molecule has 1 aromatic rings. The molecule has 0 spiro atoms. The van der Waals surface area contributed by atoms with Gasteiger partial charge in [0.15, 0.2) is 0 Å². The Morgan fingerprint density at radius 1 is 1.45 bits per heavy atom. The van der Waals surface area contributed by atoms with Gasteiger partial charge in [-0.3, -0.25) is 0 Å². The van der Waals surface area contributed by atoms with Crippen LogP contribution in [0.4, 0.5) is 0 Å². The molecule has 2 atom stereocenters. The van der Waals surface area contributed by atoms with E-state index in [0.717, 1.165) is 18.5 Å². The highest BCUT2D eigenvalue weighted by Crippen LogP contribution is 2.37.